The third-order valence-electron chi connectivity index (χ3n) is 3.95. The average molecular weight is 406 g/mol. The SMILES string of the molecule is COc1ccc(/C=C/C(=O)C2=C(O)C(=O)OC2)cc1.NCCCC[C@H](N)C(=O)O. The topological polar surface area (TPSA) is 162 Å². The van der Waals surface area contributed by atoms with Crippen molar-refractivity contribution in [1.29, 1.82) is 0 Å². The lowest BCUT2D eigenvalue weighted by molar-refractivity contribution is -0.139. The Labute approximate surface area is 168 Å². The fourth-order valence-corrected chi connectivity index (χ4v) is 2.21. The van der Waals surface area contributed by atoms with Crippen molar-refractivity contribution in [2.45, 2.75) is 25.3 Å². The van der Waals surface area contributed by atoms with Crippen LogP contribution in [0.25, 0.3) is 6.08 Å². The summed E-state index contributed by atoms with van der Waals surface area (Å²) in [5.41, 5.74) is 11.2. The number of methoxy groups -OCH3 is 1. The summed E-state index contributed by atoms with van der Waals surface area (Å²) in [6, 6.07) is 6.39. The van der Waals surface area contributed by atoms with E-state index in [2.05, 4.69) is 4.74 Å². The van der Waals surface area contributed by atoms with Gasteiger partial charge in [-0.15, -0.1) is 0 Å². The number of hydrogen-bond acceptors (Lipinski definition) is 8. The summed E-state index contributed by atoms with van der Waals surface area (Å²) < 4.78 is 9.56. The molecular formula is C20H26N2O7. The number of rotatable bonds is 9. The molecule has 1 aromatic carbocycles. The van der Waals surface area contributed by atoms with Gasteiger partial charge in [-0.25, -0.2) is 4.79 Å². The minimum absolute atomic E-state index is 0.0187. The molecule has 0 amide bonds. The third kappa shape index (κ3) is 8.16. The first-order valence-corrected chi connectivity index (χ1v) is 8.94. The van der Waals surface area contributed by atoms with Crippen LogP contribution in [0.15, 0.2) is 41.7 Å². The molecule has 9 heteroatoms. The standard InChI is InChI=1S/C14H12O5.C6H14N2O2/c1-18-10-5-2-9(3-6-10)4-7-12(15)11-8-19-14(17)13(11)16;7-4-2-1-3-5(8)6(9)10/h2-7,16H,8H2,1H3;5H,1-4,7-8H2,(H,9,10)/b7-4+;/t;5-/m.0/s1. The molecule has 0 saturated heterocycles. The fourth-order valence-electron chi connectivity index (χ4n) is 2.21. The summed E-state index contributed by atoms with van der Waals surface area (Å²) in [5.74, 6) is -2.12. The van der Waals surface area contributed by atoms with Gasteiger partial charge in [-0.05, 0) is 43.2 Å². The average Bonchev–Trinajstić information content (AvgIpc) is 3.05. The van der Waals surface area contributed by atoms with Crippen molar-refractivity contribution >= 4 is 23.8 Å². The highest BCUT2D eigenvalue weighted by Gasteiger charge is 2.27. The van der Waals surface area contributed by atoms with Crippen LogP contribution in [0, 0.1) is 0 Å². The molecule has 6 N–H and O–H groups in total. The lowest BCUT2D eigenvalue weighted by Gasteiger charge is -2.03. The Morgan fingerprint density at radius 2 is 1.93 bits per heavy atom. The van der Waals surface area contributed by atoms with Crippen LogP contribution < -0.4 is 16.2 Å². The van der Waals surface area contributed by atoms with Gasteiger partial charge in [0.05, 0.1) is 12.7 Å². The fraction of sp³-hybridized carbons (Fsp3) is 0.350. The molecule has 158 valence electrons. The first-order chi connectivity index (χ1) is 13.8. The van der Waals surface area contributed by atoms with Crippen LogP contribution in [0.3, 0.4) is 0 Å². The number of carboxylic acid groups (broad SMARTS) is 1. The van der Waals surface area contributed by atoms with Gasteiger partial charge in [-0.2, -0.15) is 0 Å². The molecule has 1 atom stereocenters. The van der Waals surface area contributed by atoms with Gasteiger partial charge in [0.15, 0.2) is 5.78 Å². The number of aliphatic carboxylic acids is 1. The highest BCUT2D eigenvalue weighted by molar-refractivity contribution is 6.12. The number of aliphatic hydroxyl groups is 1. The molecule has 1 heterocycles. The number of carbonyl (C=O) groups is 3. The van der Waals surface area contributed by atoms with Crippen molar-refractivity contribution in [3.8, 4) is 5.75 Å². The predicted molar refractivity (Wildman–Crippen MR) is 106 cm³/mol. The zero-order chi connectivity index (χ0) is 21.8. The van der Waals surface area contributed by atoms with Crippen LogP contribution in [0.5, 0.6) is 5.75 Å². The number of cyclic esters (lactones) is 1. The molecule has 0 fully saturated rings. The van der Waals surface area contributed by atoms with E-state index in [-0.39, 0.29) is 12.2 Å². The molecule has 0 aliphatic carbocycles. The molecule has 0 aromatic heterocycles. The summed E-state index contributed by atoms with van der Waals surface area (Å²) in [5, 5.41) is 17.7. The lowest BCUT2D eigenvalue weighted by atomic mass is 10.1. The van der Waals surface area contributed by atoms with Crippen molar-refractivity contribution in [3.63, 3.8) is 0 Å². The van der Waals surface area contributed by atoms with Crippen LogP contribution in [-0.2, 0) is 19.1 Å². The Balaban J connectivity index is 0.000000359. The second-order valence-corrected chi connectivity index (χ2v) is 6.10. The number of aliphatic hydroxyl groups excluding tert-OH is 1. The van der Waals surface area contributed by atoms with Crippen molar-refractivity contribution < 1.29 is 34.1 Å². The molecule has 1 aromatic rings. The number of hydrogen-bond donors (Lipinski definition) is 4. The summed E-state index contributed by atoms with van der Waals surface area (Å²) in [6.07, 6.45) is 5.04. The van der Waals surface area contributed by atoms with Crippen molar-refractivity contribution in [2.24, 2.45) is 11.5 Å². The second kappa shape index (κ2) is 12.3. The summed E-state index contributed by atoms with van der Waals surface area (Å²) in [4.78, 5) is 32.8. The number of carboxylic acids is 1. The Morgan fingerprint density at radius 3 is 2.41 bits per heavy atom. The molecule has 0 spiro atoms. The third-order valence-corrected chi connectivity index (χ3v) is 3.95. The van der Waals surface area contributed by atoms with Crippen LogP contribution in [0.1, 0.15) is 24.8 Å². The Morgan fingerprint density at radius 1 is 1.28 bits per heavy atom. The summed E-state index contributed by atoms with van der Waals surface area (Å²) >= 11 is 0. The van der Waals surface area contributed by atoms with Crippen molar-refractivity contribution in [1.82, 2.24) is 0 Å². The molecule has 0 radical (unpaired) electrons. The van der Waals surface area contributed by atoms with Gasteiger partial charge in [-0.1, -0.05) is 24.6 Å². The van der Waals surface area contributed by atoms with Crippen LogP contribution in [-0.4, -0.2) is 54.2 Å². The number of esters is 1. The maximum Gasteiger partial charge on any atom is 0.374 e. The number of ether oxygens (including phenoxy) is 2. The number of carbonyl (C=O) groups excluding carboxylic acids is 2. The number of allylic oxidation sites excluding steroid dienone is 1. The van der Waals surface area contributed by atoms with Crippen LogP contribution in [0.4, 0.5) is 0 Å². The smallest absolute Gasteiger partial charge is 0.374 e. The minimum Gasteiger partial charge on any atom is -0.501 e. The van der Waals surface area contributed by atoms with E-state index >= 15 is 0 Å². The van der Waals surface area contributed by atoms with E-state index < -0.39 is 29.5 Å². The summed E-state index contributed by atoms with van der Waals surface area (Å²) in [6.45, 7) is 0.419. The highest BCUT2D eigenvalue weighted by Crippen LogP contribution is 2.16. The molecular weight excluding hydrogens is 380 g/mol. The second-order valence-electron chi connectivity index (χ2n) is 6.10. The first kappa shape index (κ1) is 23.9. The number of unbranched alkanes of at least 4 members (excludes halogenated alkanes) is 1. The van der Waals surface area contributed by atoms with E-state index in [1.165, 1.54) is 6.08 Å². The number of benzene rings is 1. The molecule has 1 aliphatic rings. The zero-order valence-corrected chi connectivity index (χ0v) is 16.2. The van der Waals surface area contributed by atoms with E-state index in [9.17, 15) is 19.5 Å². The van der Waals surface area contributed by atoms with Gasteiger partial charge in [-0.3, -0.25) is 9.59 Å². The lowest BCUT2D eigenvalue weighted by Crippen LogP contribution is -2.29. The Bertz CT molecular complexity index is 770. The van der Waals surface area contributed by atoms with E-state index in [0.717, 1.165) is 24.2 Å². The molecule has 29 heavy (non-hydrogen) atoms. The van der Waals surface area contributed by atoms with Gasteiger partial charge in [0, 0.05) is 0 Å². The highest BCUT2D eigenvalue weighted by atomic mass is 16.6. The molecule has 0 saturated carbocycles. The molecule has 2 rings (SSSR count). The maximum absolute atomic E-state index is 11.7. The zero-order valence-electron chi connectivity index (χ0n) is 16.2. The molecule has 0 bridgehead atoms. The van der Waals surface area contributed by atoms with Crippen molar-refractivity contribution in [3.05, 3.63) is 47.2 Å². The Hall–Kier alpha value is -3.17. The van der Waals surface area contributed by atoms with E-state index in [1.807, 2.05) is 0 Å². The van der Waals surface area contributed by atoms with E-state index in [1.54, 1.807) is 37.5 Å². The van der Waals surface area contributed by atoms with Gasteiger partial charge in [0.2, 0.25) is 5.76 Å². The summed E-state index contributed by atoms with van der Waals surface area (Å²) in [7, 11) is 1.57. The minimum atomic E-state index is -0.933. The van der Waals surface area contributed by atoms with Crippen LogP contribution >= 0.6 is 0 Å². The monoisotopic (exact) mass is 406 g/mol. The van der Waals surface area contributed by atoms with Crippen molar-refractivity contribution in [2.75, 3.05) is 20.3 Å². The predicted octanol–water partition coefficient (Wildman–Crippen LogP) is 1.17. The molecule has 9 nitrogen and oxygen atoms in total. The maximum atomic E-state index is 11.7. The van der Waals surface area contributed by atoms with Gasteiger partial charge in [0.1, 0.15) is 18.4 Å². The Kier molecular flexibility index (Phi) is 10.1. The van der Waals surface area contributed by atoms with E-state index in [0.29, 0.717) is 13.0 Å². The molecule has 1 aliphatic heterocycles. The largest absolute Gasteiger partial charge is 0.501 e. The van der Waals surface area contributed by atoms with E-state index in [4.69, 9.17) is 21.3 Å². The number of ketones is 1. The number of nitrogens with two attached hydrogens (primary N) is 2. The molecule has 0 unspecified atom stereocenters. The van der Waals surface area contributed by atoms with Gasteiger partial charge in [0.25, 0.3) is 0 Å². The first-order valence-electron chi connectivity index (χ1n) is 8.94. The normalized spacial score (nSPS) is 14.2. The van der Waals surface area contributed by atoms with Crippen LogP contribution in [0.2, 0.25) is 0 Å². The van der Waals surface area contributed by atoms with Gasteiger partial charge < -0.3 is 31.2 Å². The van der Waals surface area contributed by atoms with Gasteiger partial charge >= 0.3 is 11.9 Å². The quantitative estimate of drug-likeness (QED) is 0.268.